The summed E-state index contributed by atoms with van der Waals surface area (Å²) in [6, 6.07) is 0. The highest BCUT2D eigenvalue weighted by molar-refractivity contribution is 4.78. The van der Waals surface area contributed by atoms with E-state index in [0.29, 0.717) is 10.8 Å². The van der Waals surface area contributed by atoms with Crippen molar-refractivity contribution in [1.82, 2.24) is 9.80 Å². The molecule has 0 unspecified atom stereocenters. The third-order valence-electron chi connectivity index (χ3n) is 2.20. The molecule has 0 saturated carbocycles. The minimum absolute atomic E-state index is 0.438. The molecular formula is C12H26N2. The number of hydrogen-bond acceptors (Lipinski definition) is 2. The van der Waals surface area contributed by atoms with Gasteiger partial charge in [-0.15, -0.1) is 0 Å². The second kappa shape index (κ2) is 3.82. The molecule has 0 bridgehead atoms. The predicted molar refractivity (Wildman–Crippen MR) is 62.1 cm³/mol. The lowest BCUT2D eigenvalue weighted by Crippen LogP contribution is -2.58. The zero-order chi connectivity index (χ0) is 11.0. The van der Waals surface area contributed by atoms with E-state index in [4.69, 9.17) is 0 Å². The van der Waals surface area contributed by atoms with Crippen LogP contribution in [0.1, 0.15) is 41.5 Å². The maximum atomic E-state index is 2.52. The van der Waals surface area contributed by atoms with Gasteiger partial charge in [0.15, 0.2) is 0 Å². The summed E-state index contributed by atoms with van der Waals surface area (Å²) in [5.74, 6) is 0. The summed E-state index contributed by atoms with van der Waals surface area (Å²) < 4.78 is 0. The molecule has 0 aromatic carbocycles. The molecule has 1 aliphatic rings. The maximum absolute atomic E-state index is 2.52. The molecule has 2 nitrogen and oxygen atoms in total. The highest BCUT2D eigenvalue weighted by Crippen LogP contribution is 2.23. The quantitative estimate of drug-likeness (QED) is 0.673. The zero-order valence-corrected chi connectivity index (χ0v) is 10.7. The lowest BCUT2D eigenvalue weighted by atomic mass is 9.94. The Morgan fingerprint density at radius 2 is 1.00 bits per heavy atom. The summed E-state index contributed by atoms with van der Waals surface area (Å²) in [6.45, 7) is 18.6. The molecular weight excluding hydrogens is 172 g/mol. The Labute approximate surface area is 89.3 Å². The number of nitrogens with zero attached hydrogens (tertiary/aromatic N) is 2. The fraction of sp³-hybridized carbons (Fsp3) is 1.00. The first-order valence-corrected chi connectivity index (χ1v) is 5.60. The second-order valence-electron chi connectivity index (χ2n) is 7.06. The first-order valence-electron chi connectivity index (χ1n) is 5.60. The molecule has 84 valence electrons. The molecule has 0 amide bonds. The average Bonchev–Trinajstić information content (AvgIpc) is 1.75. The standard InChI is InChI=1S/C12H26N2/c1-11(2,3)7-13-9-14(10-13)8-12(4,5)6/h7-10H2,1-6H3. The summed E-state index contributed by atoms with van der Waals surface area (Å²) in [7, 11) is 0. The summed E-state index contributed by atoms with van der Waals surface area (Å²) in [5, 5.41) is 0. The Kier molecular flexibility index (Phi) is 3.27. The summed E-state index contributed by atoms with van der Waals surface area (Å²) in [5.41, 5.74) is 0.877. The van der Waals surface area contributed by atoms with E-state index in [1.54, 1.807) is 0 Å². The van der Waals surface area contributed by atoms with E-state index in [-0.39, 0.29) is 0 Å². The zero-order valence-electron chi connectivity index (χ0n) is 10.7. The topological polar surface area (TPSA) is 6.48 Å². The molecule has 1 heterocycles. The smallest absolute Gasteiger partial charge is 0.0530 e. The predicted octanol–water partition coefficient (Wildman–Crippen LogP) is 2.61. The average molecular weight is 198 g/mol. The molecule has 0 aromatic heterocycles. The van der Waals surface area contributed by atoms with E-state index >= 15 is 0 Å². The lowest BCUT2D eigenvalue weighted by Gasteiger charge is -2.47. The van der Waals surface area contributed by atoms with Crippen LogP contribution >= 0.6 is 0 Å². The van der Waals surface area contributed by atoms with Crippen LogP contribution in [0.15, 0.2) is 0 Å². The fourth-order valence-corrected chi connectivity index (χ4v) is 2.07. The van der Waals surface area contributed by atoms with Gasteiger partial charge in [0.05, 0.1) is 13.3 Å². The first kappa shape index (κ1) is 12.0. The molecule has 0 aromatic rings. The van der Waals surface area contributed by atoms with Crippen molar-refractivity contribution in [3.05, 3.63) is 0 Å². The Balaban J connectivity index is 2.18. The number of rotatable bonds is 2. The van der Waals surface area contributed by atoms with Gasteiger partial charge >= 0.3 is 0 Å². The molecule has 0 spiro atoms. The summed E-state index contributed by atoms with van der Waals surface area (Å²) in [6.07, 6.45) is 0. The lowest BCUT2D eigenvalue weighted by molar-refractivity contribution is -0.0633. The molecule has 1 fully saturated rings. The summed E-state index contributed by atoms with van der Waals surface area (Å²) >= 11 is 0. The molecule has 14 heavy (non-hydrogen) atoms. The molecule has 0 N–H and O–H groups in total. The Morgan fingerprint density at radius 1 is 0.714 bits per heavy atom. The van der Waals surface area contributed by atoms with Gasteiger partial charge in [0, 0.05) is 13.1 Å². The van der Waals surface area contributed by atoms with Gasteiger partial charge in [0.1, 0.15) is 0 Å². The minimum Gasteiger partial charge on any atom is -0.277 e. The van der Waals surface area contributed by atoms with Gasteiger partial charge in [-0.2, -0.15) is 0 Å². The van der Waals surface area contributed by atoms with Gasteiger partial charge in [-0.05, 0) is 10.8 Å². The van der Waals surface area contributed by atoms with Crippen molar-refractivity contribution in [1.29, 1.82) is 0 Å². The molecule has 0 radical (unpaired) electrons. The van der Waals surface area contributed by atoms with Crippen LogP contribution in [0.4, 0.5) is 0 Å². The van der Waals surface area contributed by atoms with Crippen LogP contribution in [0.3, 0.4) is 0 Å². The van der Waals surface area contributed by atoms with Gasteiger partial charge < -0.3 is 0 Å². The van der Waals surface area contributed by atoms with Crippen molar-refractivity contribution in [3.8, 4) is 0 Å². The fourth-order valence-electron chi connectivity index (χ4n) is 2.07. The molecule has 0 aliphatic carbocycles. The third-order valence-corrected chi connectivity index (χ3v) is 2.20. The van der Waals surface area contributed by atoms with E-state index in [2.05, 4.69) is 51.3 Å². The SMILES string of the molecule is CC(C)(C)CN1CN(CC(C)(C)C)C1. The van der Waals surface area contributed by atoms with Crippen molar-refractivity contribution < 1.29 is 0 Å². The highest BCUT2D eigenvalue weighted by Gasteiger charge is 2.29. The van der Waals surface area contributed by atoms with Crippen LogP contribution in [0.25, 0.3) is 0 Å². The minimum atomic E-state index is 0.438. The van der Waals surface area contributed by atoms with Gasteiger partial charge in [-0.3, -0.25) is 9.80 Å². The van der Waals surface area contributed by atoms with Crippen molar-refractivity contribution in [2.75, 3.05) is 26.4 Å². The molecule has 2 heteroatoms. The molecule has 0 atom stereocenters. The van der Waals surface area contributed by atoms with Crippen LogP contribution in [0, 0.1) is 10.8 Å². The van der Waals surface area contributed by atoms with Crippen LogP contribution < -0.4 is 0 Å². The van der Waals surface area contributed by atoms with E-state index in [0.717, 1.165) is 13.3 Å². The monoisotopic (exact) mass is 198 g/mol. The van der Waals surface area contributed by atoms with Crippen LogP contribution in [-0.2, 0) is 0 Å². The van der Waals surface area contributed by atoms with Gasteiger partial charge in [0.25, 0.3) is 0 Å². The highest BCUT2D eigenvalue weighted by atomic mass is 15.5. The van der Waals surface area contributed by atoms with Gasteiger partial charge in [-0.25, -0.2) is 0 Å². The van der Waals surface area contributed by atoms with E-state index in [9.17, 15) is 0 Å². The van der Waals surface area contributed by atoms with E-state index in [1.165, 1.54) is 13.1 Å². The second-order valence-corrected chi connectivity index (χ2v) is 7.06. The van der Waals surface area contributed by atoms with Crippen LogP contribution in [-0.4, -0.2) is 36.2 Å². The normalized spacial score (nSPS) is 21.0. The Bertz CT molecular complexity index is 159. The largest absolute Gasteiger partial charge is 0.277 e. The van der Waals surface area contributed by atoms with Gasteiger partial charge in [-0.1, -0.05) is 41.5 Å². The maximum Gasteiger partial charge on any atom is 0.0530 e. The van der Waals surface area contributed by atoms with E-state index in [1.807, 2.05) is 0 Å². The van der Waals surface area contributed by atoms with Crippen LogP contribution in [0.5, 0.6) is 0 Å². The summed E-state index contributed by atoms with van der Waals surface area (Å²) in [4.78, 5) is 5.04. The van der Waals surface area contributed by atoms with Crippen molar-refractivity contribution >= 4 is 0 Å². The number of hydrogen-bond donors (Lipinski definition) is 0. The van der Waals surface area contributed by atoms with Crippen molar-refractivity contribution in [3.63, 3.8) is 0 Å². The van der Waals surface area contributed by atoms with Crippen molar-refractivity contribution in [2.24, 2.45) is 10.8 Å². The molecule has 1 aliphatic heterocycles. The first-order chi connectivity index (χ1) is 6.16. The molecule has 1 saturated heterocycles. The van der Waals surface area contributed by atoms with Gasteiger partial charge in [0.2, 0.25) is 0 Å². The Morgan fingerprint density at radius 3 is 1.21 bits per heavy atom. The van der Waals surface area contributed by atoms with E-state index < -0.39 is 0 Å². The van der Waals surface area contributed by atoms with Crippen molar-refractivity contribution in [2.45, 2.75) is 41.5 Å². The third kappa shape index (κ3) is 4.43. The van der Waals surface area contributed by atoms with Crippen LogP contribution in [0.2, 0.25) is 0 Å². The molecule has 1 rings (SSSR count). The Hall–Kier alpha value is -0.0800.